The molecule has 0 amide bonds. The lowest BCUT2D eigenvalue weighted by molar-refractivity contribution is 0.290. The zero-order valence-electron chi connectivity index (χ0n) is 8.28. The van der Waals surface area contributed by atoms with E-state index in [-0.39, 0.29) is 6.61 Å². The summed E-state index contributed by atoms with van der Waals surface area (Å²) in [7, 11) is 0. The Balaban J connectivity index is 2.59. The smallest absolute Gasteiger partial charge is 0.122 e. The van der Waals surface area contributed by atoms with Crippen molar-refractivity contribution in [2.45, 2.75) is 12.8 Å². The molecule has 0 aliphatic heterocycles. The van der Waals surface area contributed by atoms with Crippen molar-refractivity contribution in [1.82, 2.24) is 0 Å². The predicted octanol–water partition coefficient (Wildman–Crippen LogP) is 2.18. The van der Waals surface area contributed by atoms with Gasteiger partial charge in [-0.15, -0.1) is 6.58 Å². The molecule has 0 saturated carbocycles. The molecule has 0 saturated heterocycles. The number of para-hydroxylation sites is 1. The molecule has 76 valence electrons. The molecule has 0 fully saturated rings. The van der Waals surface area contributed by atoms with Gasteiger partial charge in [0, 0.05) is 6.61 Å². The number of hydrogen-bond donors (Lipinski definition) is 1. The van der Waals surface area contributed by atoms with Crippen molar-refractivity contribution in [3.63, 3.8) is 0 Å². The summed E-state index contributed by atoms with van der Waals surface area (Å²) < 4.78 is 5.55. The van der Waals surface area contributed by atoms with Crippen molar-refractivity contribution < 1.29 is 9.84 Å². The highest BCUT2D eigenvalue weighted by atomic mass is 16.5. The highest BCUT2D eigenvalue weighted by Crippen LogP contribution is 2.18. The molecule has 2 heteroatoms. The van der Waals surface area contributed by atoms with Crippen molar-refractivity contribution in [3.8, 4) is 5.75 Å². The molecule has 1 N–H and O–H groups in total. The van der Waals surface area contributed by atoms with E-state index in [1.807, 2.05) is 30.3 Å². The largest absolute Gasteiger partial charge is 0.493 e. The molecule has 0 atom stereocenters. The Morgan fingerprint density at radius 2 is 2.14 bits per heavy atom. The minimum Gasteiger partial charge on any atom is -0.493 e. The summed E-state index contributed by atoms with van der Waals surface area (Å²) in [5, 5.41) is 8.84. The van der Waals surface area contributed by atoms with Gasteiger partial charge in [-0.3, -0.25) is 0 Å². The van der Waals surface area contributed by atoms with Gasteiger partial charge in [0.1, 0.15) is 5.75 Å². The summed E-state index contributed by atoms with van der Waals surface area (Å²) in [6, 6.07) is 7.78. The average molecular weight is 192 g/mol. The van der Waals surface area contributed by atoms with E-state index in [2.05, 4.69) is 6.58 Å². The SMILES string of the molecule is C=CCCOc1ccccc1CCO. The fraction of sp³-hybridized carbons (Fsp3) is 0.333. The van der Waals surface area contributed by atoms with Crippen LogP contribution in [0.4, 0.5) is 0 Å². The lowest BCUT2D eigenvalue weighted by Crippen LogP contribution is -2.00. The van der Waals surface area contributed by atoms with Crippen LogP contribution in [0.1, 0.15) is 12.0 Å². The third-order valence-electron chi connectivity index (χ3n) is 1.93. The van der Waals surface area contributed by atoms with E-state index < -0.39 is 0 Å². The molecular weight excluding hydrogens is 176 g/mol. The third-order valence-corrected chi connectivity index (χ3v) is 1.93. The van der Waals surface area contributed by atoms with Crippen LogP contribution in [0.25, 0.3) is 0 Å². The van der Waals surface area contributed by atoms with Crippen LogP contribution in [0, 0.1) is 0 Å². The first-order valence-electron chi connectivity index (χ1n) is 4.81. The second-order valence-corrected chi connectivity index (χ2v) is 3.01. The van der Waals surface area contributed by atoms with Crippen LogP contribution in [-0.2, 0) is 6.42 Å². The first-order chi connectivity index (χ1) is 6.88. The zero-order chi connectivity index (χ0) is 10.2. The number of aliphatic hydroxyl groups is 1. The molecule has 1 aromatic rings. The Bertz CT molecular complexity index is 281. The predicted molar refractivity (Wildman–Crippen MR) is 57.5 cm³/mol. The van der Waals surface area contributed by atoms with Crippen molar-refractivity contribution in [3.05, 3.63) is 42.5 Å². The molecule has 0 heterocycles. The standard InChI is InChI=1S/C12H16O2/c1-2-3-10-14-12-7-5-4-6-11(12)8-9-13/h2,4-7,13H,1,3,8-10H2. The van der Waals surface area contributed by atoms with Crippen molar-refractivity contribution in [2.24, 2.45) is 0 Å². The van der Waals surface area contributed by atoms with Gasteiger partial charge in [0.2, 0.25) is 0 Å². The van der Waals surface area contributed by atoms with Gasteiger partial charge in [-0.2, -0.15) is 0 Å². The quantitative estimate of drug-likeness (QED) is 0.553. The lowest BCUT2D eigenvalue weighted by atomic mass is 10.1. The van der Waals surface area contributed by atoms with Gasteiger partial charge < -0.3 is 9.84 Å². The highest BCUT2D eigenvalue weighted by molar-refractivity contribution is 5.33. The first-order valence-corrected chi connectivity index (χ1v) is 4.81. The number of benzene rings is 1. The maximum atomic E-state index is 8.84. The highest BCUT2D eigenvalue weighted by Gasteiger charge is 2.00. The molecule has 1 rings (SSSR count). The van der Waals surface area contributed by atoms with Crippen LogP contribution in [0.5, 0.6) is 5.75 Å². The molecule has 14 heavy (non-hydrogen) atoms. The fourth-order valence-corrected chi connectivity index (χ4v) is 1.22. The lowest BCUT2D eigenvalue weighted by Gasteiger charge is -2.09. The number of hydrogen-bond acceptors (Lipinski definition) is 2. The second kappa shape index (κ2) is 6.22. The Morgan fingerprint density at radius 3 is 2.86 bits per heavy atom. The van der Waals surface area contributed by atoms with Crippen LogP contribution in [0.15, 0.2) is 36.9 Å². The summed E-state index contributed by atoms with van der Waals surface area (Å²) in [5.41, 5.74) is 1.05. The molecular formula is C12H16O2. The summed E-state index contributed by atoms with van der Waals surface area (Å²) >= 11 is 0. The minimum absolute atomic E-state index is 0.155. The van der Waals surface area contributed by atoms with Gasteiger partial charge in [0.25, 0.3) is 0 Å². The Morgan fingerprint density at radius 1 is 1.36 bits per heavy atom. The van der Waals surface area contributed by atoms with Crippen molar-refractivity contribution >= 4 is 0 Å². The van der Waals surface area contributed by atoms with Crippen LogP contribution < -0.4 is 4.74 Å². The van der Waals surface area contributed by atoms with E-state index in [0.29, 0.717) is 13.0 Å². The molecule has 0 bridgehead atoms. The van der Waals surface area contributed by atoms with E-state index in [4.69, 9.17) is 9.84 Å². The van der Waals surface area contributed by atoms with Gasteiger partial charge in [-0.1, -0.05) is 24.3 Å². The molecule has 2 nitrogen and oxygen atoms in total. The van der Waals surface area contributed by atoms with Crippen LogP contribution >= 0.6 is 0 Å². The molecule has 1 aromatic carbocycles. The molecule has 0 radical (unpaired) electrons. The van der Waals surface area contributed by atoms with Gasteiger partial charge in [-0.05, 0) is 24.5 Å². The molecule has 0 aromatic heterocycles. The molecule has 0 unspecified atom stereocenters. The number of rotatable bonds is 6. The summed E-state index contributed by atoms with van der Waals surface area (Å²) in [4.78, 5) is 0. The van der Waals surface area contributed by atoms with Crippen LogP contribution in [-0.4, -0.2) is 18.3 Å². The number of aliphatic hydroxyl groups excluding tert-OH is 1. The monoisotopic (exact) mass is 192 g/mol. The van der Waals surface area contributed by atoms with E-state index in [0.717, 1.165) is 17.7 Å². The zero-order valence-corrected chi connectivity index (χ0v) is 8.28. The molecule has 0 spiro atoms. The molecule has 0 aliphatic rings. The Hall–Kier alpha value is -1.28. The molecule has 0 aliphatic carbocycles. The maximum absolute atomic E-state index is 8.84. The third kappa shape index (κ3) is 3.23. The topological polar surface area (TPSA) is 29.5 Å². The normalized spacial score (nSPS) is 9.79. The Labute approximate surface area is 84.8 Å². The van der Waals surface area contributed by atoms with Gasteiger partial charge in [0.05, 0.1) is 6.61 Å². The Kier molecular flexibility index (Phi) is 4.79. The van der Waals surface area contributed by atoms with Gasteiger partial charge in [-0.25, -0.2) is 0 Å². The summed E-state index contributed by atoms with van der Waals surface area (Å²) in [5.74, 6) is 0.864. The van der Waals surface area contributed by atoms with Crippen molar-refractivity contribution in [2.75, 3.05) is 13.2 Å². The second-order valence-electron chi connectivity index (χ2n) is 3.01. The van der Waals surface area contributed by atoms with E-state index >= 15 is 0 Å². The number of ether oxygens (including phenoxy) is 1. The van der Waals surface area contributed by atoms with E-state index in [1.54, 1.807) is 0 Å². The summed E-state index contributed by atoms with van der Waals surface area (Å²) in [6.07, 6.45) is 3.31. The first kappa shape index (κ1) is 10.8. The average Bonchev–Trinajstić information content (AvgIpc) is 2.21. The fourth-order valence-electron chi connectivity index (χ4n) is 1.22. The maximum Gasteiger partial charge on any atom is 0.122 e. The minimum atomic E-state index is 0.155. The van der Waals surface area contributed by atoms with Crippen LogP contribution in [0.3, 0.4) is 0 Å². The van der Waals surface area contributed by atoms with Gasteiger partial charge in [0.15, 0.2) is 0 Å². The van der Waals surface area contributed by atoms with Crippen LogP contribution in [0.2, 0.25) is 0 Å². The summed E-state index contributed by atoms with van der Waals surface area (Å²) in [6.45, 7) is 4.43. The van der Waals surface area contributed by atoms with E-state index in [1.165, 1.54) is 0 Å². The van der Waals surface area contributed by atoms with Crippen molar-refractivity contribution in [1.29, 1.82) is 0 Å². The van der Waals surface area contributed by atoms with Gasteiger partial charge >= 0.3 is 0 Å². The van der Waals surface area contributed by atoms with E-state index in [9.17, 15) is 0 Å².